The van der Waals surface area contributed by atoms with Crippen molar-refractivity contribution in [1.29, 1.82) is 0 Å². The third-order valence-electron chi connectivity index (χ3n) is 4.68. The number of hydrogen-bond donors (Lipinski definition) is 1. The van der Waals surface area contributed by atoms with Gasteiger partial charge >= 0.3 is 0 Å². The lowest BCUT2D eigenvalue weighted by molar-refractivity contribution is 0.474. The van der Waals surface area contributed by atoms with Crippen LogP contribution in [0.15, 0.2) is 48.5 Å². The van der Waals surface area contributed by atoms with E-state index < -0.39 is 0 Å². The lowest BCUT2D eigenvalue weighted by atomic mass is 9.89. The molecule has 0 fully saturated rings. The summed E-state index contributed by atoms with van der Waals surface area (Å²) in [5.74, 6) is 0.863. The Kier molecular flexibility index (Phi) is 7.19. The Morgan fingerprint density at radius 3 is 2.04 bits per heavy atom. The number of benzene rings is 2. The maximum absolute atomic E-state index is 9.44. The van der Waals surface area contributed by atoms with Gasteiger partial charge in [-0.15, -0.1) is 0 Å². The minimum atomic E-state index is 0.344. The molecular weight excluding hydrogens is 280 g/mol. The monoisotopic (exact) mass is 310 g/mol. The summed E-state index contributed by atoms with van der Waals surface area (Å²) in [5, 5.41) is 9.44. The van der Waals surface area contributed by atoms with Gasteiger partial charge in [-0.2, -0.15) is 0 Å². The van der Waals surface area contributed by atoms with Crippen LogP contribution in [0.3, 0.4) is 0 Å². The van der Waals surface area contributed by atoms with Crippen molar-refractivity contribution in [2.45, 2.75) is 64.7 Å². The summed E-state index contributed by atoms with van der Waals surface area (Å²) in [4.78, 5) is 0. The molecule has 0 radical (unpaired) electrons. The summed E-state index contributed by atoms with van der Waals surface area (Å²) in [6.07, 6.45) is 8.68. The Hall–Kier alpha value is -1.76. The van der Waals surface area contributed by atoms with Crippen molar-refractivity contribution in [3.05, 3.63) is 65.2 Å². The van der Waals surface area contributed by atoms with Gasteiger partial charge in [0.25, 0.3) is 0 Å². The highest BCUT2D eigenvalue weighted by Gasteiger charge is 2.10. The van der Waals surface area contributed by atoms with Crippen molar-refractivity contribution in [1.82, 2.24) is 0 Å². The van der Waals surface area contributed by atoms with E-state index in [-0.39, 0.29) is 0 Å². The Morgan fingerprint density at radius 2 is 1.43 bits per heavy atom. The number of aryl methyl sites for hydroxylation is 1. The molecule has 1 N–H and O–H groups in total. The number of unbranched alkanes of at least 4 members (excludes halogenated alkanes) is 3. The first-order valence-electron chi connectivity index (χ1n) is 9.09. The normalized spacial score (nSPS) is 12.3. The predicted octanol–water partition coefficient (Wildman–Crippen LogP) is 6.25. The summed E-state index contributed by atoms with van der Waals surface area (Å²) in [6.45, 7) is 4.49. The molecule has 2 aromatic rings. The van der Waals surface area contributed by atoms with Crippen LogP contribution in [0.5, 0.6) is 5.75 Å². The number of aromatic hydroxyl groups is 1. The Balaban J connectivity index is 1.92. The lowest BCUT2D eigenvalue weighted by Crippen LogP contribution is -2.02. The van der Waals surface area contributed by atoms with Gasteiger partial charge < -0.3 is 5.11 Å². The van der Waals surface area contributed by atoms with Gasteiger partial charge in [-0.05, 0) is 60.4 Å². The number of hydrogen-bond acceptors (Lipinski definition) is 1. The molecule has 124 valence electrons. The number of rotatable bonds is 9. The van der Waals surface area contributed by atoms with Crippen LogP contribution in [-0.2, 0) is 12.8 Å². The fourth-order valence-electron chi connectivity index (χ4n) is 3.13. The fraction of sp³-hybridized carbons (Fsp3) is 0.455. The van der Waals surface area contributed by atoms with Crippen molar-refractivity contribution in [2.24, 2.45) is 0 Å². The summed E-state index contributed by atoms with van der Waals surface area (Å²) in [6, 6.07) is 16.8. The largest absolute Gasteiger partial charge is 0.508 e. The average Bonchev–Trinajstić information content (AvgIpc) is 2.59. The molecule has 0 saturated heterocycles. The highest BCUT2D eigenvalue weighted by Crippen LogP contribution is 2.26. The van der Waals surface area contributed by atoms with Crippen LogP contribution in [0.4, 0.5) is 0 Å². The van der Waals surface area contributed by atoms with Crippen LogP contribution in [0.1, 0.15) is 68.6 Å². The lowest BCUT2D eigenvalue weighted by Gasteiger charge is -2.16. The van der Waals surface area contributed by atoms with E-state index in [0.29, 0.717) is 11.7 Å². The summed E-state index contributed by atoms with van der Waals surface area (Å²) >= 11 is 0. The number of phenols is 1. The molecule has 0 aromatic heterocycles. The zero-order chi connectivity index (χ0) is 16.5. The maximum Gasteiger partial charge on any atom is 0.115 e. The van der Waals surface area contributed by atoms with Crippen molar-refractivity contribution in [3.8, 4) is 5.75 Å². The first-order chi connectivity index (χ1) is 11.2. The molecule has 0 aliphatic heterocycles. The minimum absolute atomic E-state index is 0.344. The van der Waals surface area contributed by atoms with Crippen molar-refractivity contribution >= 4 is 0 Å². The Morgan fingerprint density at radius 1 is 0.783 bits per heavy atom. The molecule has 1 heteroatoms. The van der Waals surface area contributed by atoms with Crippen LogP contribution in [0.2, 0.25) is 0 Å². The Labute approximate surface area is 141 Å². The van der Waals surface area contributed by atoms with E-state index in [1.54, 1.807) is 12.1 Å². The van der Waals surface area contributed by atoms with Gasteiger partial charge in [0.15, 0.2) is 0 Å². The predicted molar refractivity (Wildman–Crippen MR) is 99.1 cm³/mol. The quantitative estimate of drug-likeness (QED) is 0.543. The number of phenolic OH excluding ortho intramolecular Hbond substituents is 1. The molecule has 2 aromatic carbocycles. The maximum atomic E-state index is 9.44. The molecule has 0 aliphatic rings. The van der Waals surface area contributed by atoms with Gasteiger partial charge in [-0.3, -0.25) is 0 Å². The SMILES string of the molecule is CCCCCCc1ccc(CC(CC)c2ccc(O)cc2)cc1. The molecule has 2 rings (SSSR count). The summed E-state index contributed by atoms with van der Waals surface area (Å²) in [5.41, 5.74) is 4.18. The van der Waals surface area contributed by atoms with Gasteiger partial charge in [0.2, 0.25) is 0 Å². The van der Waals surface area contributed by atoms with Crippen LogP contribution < -0.4 is 0 Å². The summed E-state index contributed by atoms with van der Waals surface area (Å²) in [7, 11) is 0. The highest BCUT2D eigenvalue weighted by molar-refractivity contribution is 5.30. The van der Waals surface area contributed by atoms with E-state index in [1.165, 1.54) is 48.8 Å². The van der Waals surface area contributed by atoms with Crippen LogP contribution in [-0.4, -0.2) is 5.11 Å². The van der Waals surface area contributed by atoms with Crippen LogP contribution in [0.25, 0.3) is 0 Å². The topological polar surface area (TPSA) is 20.2 Å². The first-order valence-corrected chi connectivity index (χ1v) is 9.09. The zero-order valence-corrected chi connectivity index (χ0v) is 14.6. The molecule has 1 unspecified atom stereocenters. The van der Waals surface area contributed by atoms with E-state index >= 15 is 0 Å². The average molecular weight is 310 g/mol. The third kappa shape index (κ3) is 5.74. The second-order valence-electron chi connectivity index (χ2n) is 6.53. The second-order valence-corrected chi connectivity index (χ2v) is 6.53. The third-order valence-corrected chi connectivity index (χ3v) is 4.68. The van der Waals surface area contributed by atoms with Gasteiger partial charge in [-0.1, -0.05) is 69.5 Å². The molecule has 0 bridgehead atoms. The minimum Gasteiger partial charge on any atom is -0.508 e. The molecule has 0 aliphatic carbocycles. The van der Waals surface area contributed by atoms with Gasteiger partial charge in [-0.25, -0.2) is 0 Å². The molecule has 0 amide bonds. The van der Waals surface area contributed by atoms with E-state index in [0.717, 1.165) is 12.8 Å². The second kappa shape index (κ2) is 9.39. The van der Waals surface area contributed by atoms with E-state index in [1.807, 2.05) is 12.1 Å². The smallest absolute Gasteiger partial charge is 0.115 e. The highest BCUT2D eigenvalue weighted by atomic mass is 16.3. The zero-order valence-electron chi connectivity index (χ0n) is 14.6. The molecule has 1 atom stereocenters. The summed E-state index contributed by atoms with van der Waals surface area (Å²) < 4.78 is 0. The van der Waals surface area contributed by atoms with E-state index in [2.05, 4.69) is 38.1 Å². The fourth-order valence-corrected chi connectivity index (χ4v) is 3.13. The van der Waals surface area contributed by atoms with Crippen LogP contribution >= 0.6 is 0 Å². The van der Waals surface area contributed by atoms with E-state index in [4.69, 9.17) is 0 Å². The molecular formula is C22H30O. The van der Waals surface area contributed by atoms with Gasteiger partial charge in [0.05, 0.1) is 0 Å². The molecule has 0 spiro atoms. The van der Waals surface area contributed by atoms with Crippen molar-refractivity contribution in [2.75, 3.05) is 0 Å². The van der Waals surface area contributed by atoms with E-state index in [9.17, 15) is 5.11 Å². The van der Waals surface area contributed by atoms with Crippen LogP contribution in [0, 0.1) is 0 Å². The van der Waals surface area contributed by atoms with Crippen molar-refractivity contribution in [3.63, 3.8) is 0 Å². The van der Waals surface area contributed by atoms with Gasteiger partial charge in [0.1, 0.15) is 5.75 Å². The van der Waals surface area contributed by atoms with Crippen molar-refractivity contribution < 1.29 is 5.11 Å². The molecule has 0 heterocycles. The molecule has 0 saturated carbocycles. The Bertz CT molecular complexity index is 554. The molecule has 23 heavy (non-hydrogen) atoms. The molecule has 1 nitrogen and oxygen atoms in total. The first kappa shape index (κ1) is 17.6. The standard InChI is InChI=1S/C22H30O/c1-3-5-6-7-8-18-9-11-19(12-10-18)17-20(4-2)21-13-15-22(23)16-14-21/h9-16,20,23H,3-8,17H2,1-2H3. The van der Waals surface area contributed by atoms with Gasteiger partial charge in [0, 0.05) is 0 Å².